The van der Waals surface area contributed by atoms with E-state index in [2.05, 4.69) is 27.9 Å². The molecule has 2 rings (SSSR count). The summed E-state index contributed by atoms with van der Waals surface area (Å²) in [5.41, 5.74) is 1.22. The van der Waals surface area contributed by atoms with Gasteiger partial charge in [0.2, 0.25) is 0 Å². The van der Waals surface area contributed by atoms with Crippen molar-refractivity contribution in [2.75, 3.05) is 12.4 Å². The number of hydrogen-bond acceptors (Lipinski definition) is 3. The van der Waals surface area contributed by atoms with Gasteiger partial charge < -0.3 is 10.1 Å². The van der Waals surface area contributed by atoms with Gasteiger partial charge in [-0.25, -0.2) is 0 Å². The van der Waals surface area contributed by atoms with E-state index in [1.807, 2.05) is 0 Å². The molecule has 0 radical (unpaired) electrons. The topological polar surface area (TPSA) is 55.4 Å². The zero-order valence-electron chi connectivity index (χ0n) is 11.9. The largest absolute Gasteiger partial charge is 0.496 e. The Kier molecular flexibility index (Phi) is 5.42. The first-order chi connectivity index (χ1) is 10.4. The summed E-state index contributed by atoms with van der Waals surface area (Å²) in [5, 5.41) is 3.19. The van der Waals surface area contributed by atoms with Crippen LogP contribution in [0.15, 0.2) is 36.4 Å². The first-order valence-electron chi connectivity index (χ1n) is 6.38. The van der Waals surface area contributed by atoms with Gasteiger partial charge in [-0.15, -0.1) is 0 Å². The lowest BCUT2D eigenvalue weighted by molar-refractivity contribution is 0.101. The SMILES string of the molecule is COc1cc(I)c(Cl)cc1C(=O)Nc1ccccc1C(C)=O. The highest BCUT2D eigenvalue weighted by Crippen LogP contribution is 2.29. The predicted octanol–water partition coefficient (Wildman–Crippen LogP) is 4.41. The number of anilines is 1. The number of carbonyl (C=O) groups excluding carboxylic acids is 2. The molecule has 0 atom stereocenters. The number of rotatable bonds is 4. The van der Waals surface area contributed by atoms with Gasteiger partial charge in [0.05, 0.1) is 23.4 Å². The van der Waals surface area contributed by atoms with E-state index in [0.29, 0.717) is 27.6 Å². The molecule has 1 N–H and O–H groups in total. The van der Waals surface area contributed by atoms with Gasteiger partial charge in [-0.2, -0.15) is 0 Å². The summed E-state index contributed by atoms with van der Waals surface area (Å²) in [6.07, 6.45) is 0. The van der Waals surface area contributed by atoms with Crippen LogP contribution < -0.4 is 10.1 Å². The van der Waals surface area contributed by atoms with E-state index in [0.717, 1.165) is 3.57 Å². The monoisotopic (exact) mass is 429 g/mol. The van der Waals surface area contributed by atoms with E-state index in [9.17, 15) is 9.59 Å². The van der Waals surface area contributed by atoms with Crippen molar-refractivity contribution >= 4 is 51.6 Å². The summed E-state index contributed by atoms with van der Waals surface area (Å²) >= 11 is 8.14. The number of carbonyl (C=O) groups is 2. The number of ether oxygens (including phenoxy) is 1. The Hall–Kier alpha value is -1.60. The maximum absolute atomic E-state index is 12.5. The van der Waals surface area contributed by atoms with Crippen molar-refractivity contribution in [2.24, 2.45) is 0 Å². The number of halogens is 2. The summed E-state index contributed by atoms with van der Waals surface area (Å²) in [6.45, 7) is 1.45. The Balaban J connectivity index is 2.38. The molecule has 0 unspecified atom stereocenters. The van der Waals surface area contributed by atoms with Gasteiger partial charge in [0.25, 0.3) is 5.91 Å². The molecule has 0 aliphatic carbocycles. The highest BCUT2D eigenvalue weighted by atomic mass is 127. The van der Waals surface area contributed by atoms with E-state index in [1.165, 1.54) is 14.0 Å². The predicted molar refractivity (Wildman–Crippen MR) is 95.1 cm³/mol. The molecule has 0 heterocycles. The van der Waals surface area contributed by atoms with Crippen LogP contribution in [0.25, 0.3) is 0 Å². The van der Waals surface area contributed by atoms with E-state index in [-0.39, 0.29) is 11.7 Å². The lowest BCUT2D eigenvalue weighted by Crippen LogP contribution is -2.15. The van der Waals surface area contributed by atoms with Gasteiger partial charge in [0, 0.05) is 9.13 Å². The summed E-state index contributed by atoms with van der Waals surface area (Å²) in [6, 6.07) is 10.1. The fourth-order valence-corrected chi connectivity index (χ4v) is 2.57. The number of para-hydroxylation sites is 1. The third-order valence-electron chi connectivity index (χ3n) is 3.04. The van der Waals surface area contributed by atoms with Crippen LogP contribution in [0.1, 0.15) is 27.6 Å². The number of ketones is 1. The number of benzene rings is 2. The summed E-state index contributed by atoms with van der Waals surface area (Å²) in [7, 11) is 1.49. The van der Waals surface area contributed by atoms with E-state index in [4.69, 9.17) is 16.3 Å². The molecule has 0 aliphatic rings. The first-order valence-corrected chi connectivity index (χ1v) is 7.84. The van der Waals surface area contributed by atoms with Crippen LogP contribution in [0, 0.1) is 3.57 Å². The van der Waals surface area contributed by atoms with Crippen molar-refractivity contribution in [3.8, 4) is 5.75 Å². The van der Waals surface area contributed by atoms with Crippen LogP contribution in [-0.4, -0.2) is 18.8 Å². The molecule has 0 aliphatic heterocycles. The quantitative estimate of drug-likeness (QED) is 0.579. The lowest BCUT2D eigenvalue weighted by atomic mass is 10.1. The van der Waals surface area contributed by atoms with Crippen molar-refractivity contribution in [1.82, 2.24) is 0 Å². The average Bonchev–Trinajstić information content (AvgIpc) is 2.49. The lowest BCUT2D eigenvalue weighted by Gasteiger charge is -2.12. The molecule has 0 bridgehead atoms. The Morgan fingerprint density at radius 3 is 2.50 bits per heavy atom. The number of nitrogens with one attached hydrogen (secondary N) is 1. The minimum absolute atomic E-state index is 0.122. The molecule has 0 saturated heterocycles. The van der Waals surface area contributed by atoms with Gasteiger partial charge in [-0.05, 0) is 53.8 Å². The van der Waals surface area contributed by atoms with Crippen LogP contribution in [0.3, 0.4) is 0 Å². The normalized spacial score (nSPS) is 10.2. The molecule has 114 valence electrons. The van der Waals surface area contributed by atoms with Crippen molar-refractivity contribution in [1.29, 1.82) is 0 Å². The fraction of sp³-hybridized carbons (Fsp3) is 0.125. The van der Waals surface area contributed by atoms with Crippen molar-refractivity contribution in [3.63, 3.8) is 0 Å². The van der Waals surface area contributed by atoms with Crippen molar-refractivity contribution < 1.29 is 14.3 Å². The molecule has 6 heteroatoms. The van der Waals surface area contributed by atoms with Crippen LogP contribution in [0.2, 0.25) is 5.02 Å². The minimum Gasteiger partial charge on any atom is -0.496 e. The number of hydrogen-bond donors (Lipinski definition) is 1. The molecule has 0 fully saturated rings. The molecule has 1 amide bonds. The summed E-state index contributed by atoms with van der Waals surface area (Å²) in [4.78, 5) is 24.1. The summed E-state index contributed by atoms with van der Waals surface area (Å²) < 4.78 is 6.02. The number of amides is 1. The van der Waals surface area contributed by atoms with Crippen LogP contribution >= 0.6 is 34.2 Å². The molecule has 4 nitrogen and oxygen atoms in total. The second kappa shape index (κ2) is 7.11. The van der Waals surface area contributed by atoms with Gasteiger partial charge in [0.1, 0.15) is 5.75 Å². The maximum Gasteiger partial charge on any atom is 0.259 e. The standard InChI is InChI=1S/C16H13ClINO3/c1-9(20)10-5-3-4-6-14(10)19-16(21)11-7-12(17)13(18)8-15(11)22-2/h3-8H,1-2H3,(H,19,21). The third-order valence-corrected chi connectivity index (χ3v) is 4.57. The Labute approximate surface area is 146 Å². The number of methoxy groups -OCH3 is 1. The van der Waals surface area contributed by atoms with Crippen LogP contribution in [0.5, 0.6) is 5.75 Å². The molecular weight excluding hydrogens is 417 g/mol. The van der Waals surface area contributed by atoms with E-state index in [1.54, 1.807) is 36.4 Å². The highest BCUT2D eigenvalue weighted by molar-refractivity contribution is 14.1. The van der Waals surface area contributed by atoms with E-state index < -0.39 is 0 Å². The Morgan fingerprint density at radius 2 is 1.86 bits per heavy atom. The van der Waals surface area contributed by atoms with Gasteiger partial charge in [-0.3, -0.25) is 9.59 Å². The van der Waals surface area contributed by atoms with Crippen LogP contribution in [0.4, 0.5) is 5.69 Å². The second-order valence-corrected chi connectivity index (χ2v) is 6.09. The molecule has 0 aromatic heterocycles. The van der Waals surface area contributed by atoms with E-state index >= 15 is 0 Å². The fourth-order valence-electron chi connectivity index (χ4n) is 1.96. The smallest absolute Gasteiger partial charge is 0.259 e. The Morgan fingerprint density at radius 1 is 1.18 bits per heavy atom. The maximum atomic E-state index is 12.5. The average molecular weight is 430 g/mol. The number of Topliss-reactive ketones (excluding diaryl/α,β-unsaturated/α-hetero) is 1. The second-order valence-electron chi connectivity index (χ2n) is 4.52. The van der Waals surface area contributed by atoms with Crippen molar-refractivity contribution in [3.05, 3.63) is 56.1 Å². The first kappa shape index (κ1) is 16.8. The minimum atomic E-state index is -0.385. The molecule has 2 aromatic rings. The van der Waals surface area contributed by atoms with Gasteiger partial charge >= 0.3 is 0 Å². The Bertz CT molecular complexity index is 746. The molecular formula is C16H13ClINO3. The zero-order chi connectivity index (χ0) is 16.3. The summed E-state index contributed by atoms with van der Waals surface area (Å²) in [5.74, 6) is -0.0843. The van der Waals surface area contributed by atoms with Crippen molar-refractivity contribution in [2.45, 2.75) is 6.92 Å². The van der Waals surface area contributed by atoms with Crippen LogP contribution in [-0.2, 0) is 0 Å². The van der Waals surface area contributed by atoms with Gasteiger partial charge in [-0.1, -0.05) is 23.7 Å². The molecule has 2 aromatic carbocycles. The molecule has 22 heavy (non-hydrogen) atoms. The molecule has 0 saturated carbocycles. The zero-order valence-corrected chi connectivity index (χ0v) is 14.9. The highest BCUT2D eigenvalue weighted by Gasteiger charge is 2.17. The van der Waals surface area contributed by atoms with Gasteiger partial charge in [0.15, 0.2) is 5.78 Å². The third kappa shape index (κ3) is 3.59. The molecule has 0 spiro atoms.